The van der Waals surface area contributed by atoms with Gasteiger partial charge in [-0.1, -0.05) is 39.0 Å². The Morgan fingerprint density at radius 2 is 1.77 bits per heavy atom. The molecule has 4 heteroatoms. The lowest BCUT2D eigenvalue weighted by Gasteiger charge is -2.05. The molecule has 0 aromatic heterocycles. The fourth-order valence-corrected chi connectivity index (χ4v) is 1.11. The van der Waals surface area contributed by atoms with Crippen LogP contribution in [0.4, 0.5) is 0 Å². The number of hydrogen-bond acceptors (Lipinski definition) is 2. The molecule has 0 aromatic rings. The average molecular weight is 209 g/mol. The Morgan fingerprint density at radius 1 is 1.23 bits per heavy atom. The van der Waals surface area contributed by atoms with Crippen LogP contribution in [0.3, 0.4) is 0 Å². The van der Waals surface area contributed by atoms with Crippen molar-refractivity contribution < 1.29 is 4.79 Å². The Balaban J connectivity index is 0. The predicted molar refractivity (Wildman–Crippen MR) is 57.8 cm³/mol. The first-order valence-corrected chi connectivity index (χ1v) is 4.73. The minimum atomic E-state index is -0.438. The molecule has 0 heterocycles. The Bertz CT molecular complexity index is 131. The lowest BCUT2D eigenvalue weighted by Crippen LogP contribution is -2.36. The molecule has 0 aromatic carbocycles. The third kappa shape index (κ3) is 9.64. The summed E-state index contributed by atoms with van der Waals surface area (Å²) in [7, 11) is 0. The van der Waals surface area contributed by atoms with Gasteiger partial charge in [-0.3, -0.25) is 4.79 Å². The van der Waals surface area contributed by atoms with Crippen LogP contribution in [0, 0.1) is 0 Å². The number of carbonyl (C=O) groups excluding carboxylic acids is 1. The highest BCUT2D eigenvalue weighted by atomic mass is 35.5. The standard InChI is InChI=1S/C9H20N2O.ClH/c1-2-3-4-5-6-7-8(10)9(11)12;/h8H,2-7,10H2,1H3,(H2,11,12);1H. The quantitative estimate of drug-likeness (QED) is 0.624. The third-order valence-corrected chi connectivity index (χ3v) is 1.98. The molecule has 0 aliphatic rings. The molecular weight excluding hydrogens is 188 g/mol. The van der Waals surface area contributed by atoms with E-state index in [1.807, 2.05) is 0 Å². The summed E-state index contributed by atoms with van der Waals surface area (Å²) >= 11 is 0. The number of halogens is 1. The number of hydrogen-bond donors (Lipinski definition) is 2. The van der Waals surface area contributed by atoms with Gasteiger partial charge in [-0.2, -0.15) is 0 Å². The van der Waals surface area contributed by atoms with E-state index in [9.17, 15) is 4.79 Å². The predicted octanol–water partition coefficient (Wildman–Crippen LogP) is 1.58. The van der Waals surface area contributed by atoms with E-state index in [-0.39, 0.29) is 18.3 Å². The number of carbonyl (C=O) groups is 1. The van der Waals surface area contributed by atoms with Crippen LogP contribution in [0.2, 0.25) is 0 Å². The number of primary amides is 1. The van der Waals surface area contributed by atoms with Crippen molar-refractivity contribution in [1.82, 2.24) is 0 Å². The molecule has 0 saturated carbocycles. The molecule has 1 amide bonds. The van der Waals surface area contributed by atoms with Crippen LogP contribution < -0.4 is 11.5 Å². The summed E-state index contributed by atoms with van der Waals surface area (Å²) in [6, 6.07) is -0.438. The summed E-state index contributed by atoms with van der Waals surface area (Å²) in [6.07, 6.45) is 6.66. The maximum absolute atomic E-state index is 10.5. The SMILES string of the molecule is CCCCCCCC(N)C(N)=O.Cl. The zero-order valence-corrected chi connectivity index (χ0v) is 9.11. The van der Waals surface area contributed by atoms with Crippen molar-refractivity contribution in [1.29, 1.82) is 0 Å². The van der Waals surface area contributed by atoms with E-state index in [4.69, 9.17) is 11.5 Å². The Morgan fingerprint density at radius 3 is 2.23 bits per heavy atom. The summed E-state index contributed by atoms with van der Waals surface area (Å²) in [5.74, 6) is -0.384. The summed E-state index contributed by atoms with van der Waals surface area (Å²) in [5.41, 5.74) is 10.5. The first kappa shape index (κ1) is 15.2. The molecule has 0 rings (SSSR count). The van der Waals surface area contributed by atoms with E-state index < -0.39 is 6.04 Å². The fourth-order valence-electron chi connectivity index (χ4n) is 1.11. The average Bonchev–Trinajstić information content (AvgIpc) is 2.03. The largest absolute Gasteiger partial charge is 0.368 e. The molecule has 13 heavy (non-hydrogen) atoms. The second kappa shape index (κ2) is 9.81. The van der Waals surface area contributed by atoms with Gasteiger partial charge in [0.2, 0.25) is 5.91 Å². The Labute approximate surface area is 86.7 Å². The molecule has 0 fully saturated rings. The van der Waals surface area contributed by atoms with E-state index >= 15 is 0 Å². The lowest BCUT2D eigenvalue weighted by atomic mass is 10.1. The number of nitrogens with two attached hydrogens (primary N) is 2. The zero-order chi connectivity index (χ0) is 9.40. The second-order valence-corrected chi connectivity index (χ2v) is 3.21. The van der Waals surface area contributed by atoms with Crippen LogP contribution in [0.15, 0.2) is 0 Å². The summed E-state index contributed by atoms with van der Waals surface area (Å²) in [4.78, 5) is 10.5. The smallest absolute Gasteiger partial charge is 0.234 e. The van der Waals surface area contributed by atoms with Gasteiger partial charge in [0, 0.05) is 0 Å². The van der Waals surface area contributed by atoms with E-state index in [1.54, 1.807) is 0 Å². The highest BCUT2D eigenvalue weighted by Crippen LogP contribution is 2.05. The monoisotopic (exact) mass is 208 g/mol. The topological polar surface area (TPSA) is 69.1 Å². The Kier molecular flexibility index (Phi) is 11.5. The summed E-state index contributed by atoms with van der Waals surface area (Å²) in [6.45, 7) is 2.18. The van der Waals surface area contributed by atoms with Crippen LogP contribution in [0.25, 0.3) is 0 Å². The molecule has 1 atom stereocenters. The van der Waals surface area contributed by atoms with E-state index in [2.05, 4.69) is 6.92 Å². The number of amides is 1. The van der Waals surface area contributed by atoms with Crippen molar-refractivity contribution in [2.24, 2.45) is 11.5 Å². The summed E-state index contributed by atoms with van der Waals surface area (Å²) < 4.78 is 0. The first-order chi connectivity index (χ1) is 5.68. The molecule has 3 nitrogen and oxygen atoms in total. The van der Waals surface area contributed by atoms with Crippen LogP contribution in [0.5, 0.6) is 0 Å². The zero-order valence-electron chi connectivity index (χ0n) is 8.29. The number of unbranched alkanes of at least 4 members (excludes halogenated alkanes) is 4. The van der Waals surface area contributed by atoms with Crippen molar-refractivity contribution in [3.05, 3.63) is 0 Å². The van der Waals surface area contributed by atoms with Crippen molar-refractivity contribution in [2.45, 2.75) is 51.5 Å². The van der Waals surface area contributed by atoms with Gasteiger partial charge >= 0.3 is 0 Å². The minimum Gasteiger partial charge on any atom is -0.368 e. The number of rotatable bonds is 7. The van der Waals surface area contributed by atoms with Gasteiger partial charge in [0.25, 0.3) is 0 Å². The van der Waals surface area contributed by atoms with Crippen molar-refractivity contribution >= 4 is 18.3 Å². The molecule has 0 radical (unpaired) electrons. The van der Waals surface area contributed by atoms with Crippen LogP contribution in [-0.2, 0) is 4.79 Å². The molecule has 4 N–H and O–H groups in total. The van der Waals surface area contributed by atoms with Gasteiger partial charge in [0.1, 0.15) is 0 Å². The van der Waals surface area contributed by atoms with Gasteiger partial charge in [-0.05, 0) is 6.42 Å². The molecular formula is C9H21ClN2O. The van der Waals surface area contributed by atoms with Crippen molar-refractivity contribution in [3.63, 3.8) is 0 Å². The molecule has 0 aliphatic heterocycles. The Hall–Kier alpha value is -0.280. The van der Waals surface area contributed by atoms with Gasteiger partial charge in [0.05, 0.1) is 6.04 Å². The highest BCUT2D eigenvalue weighted by molar-refractivity contribution is 5.85. The molecule has 1 unspecified atom stereocenters. The summed E-state index contributed by atoms with van der Waals surface area (Å²) in [5, 5.41) is 0. The van der Waals surface area contributed by atoms with Gasteiger partial charge < -0.3 is 11.5 Å². The van der Waals surface area contributed by atoms with Gasteiger partial charge in [0.15, 0.2) is 0 Å². The van der Waals surface area contributed by atoms with Crippen LogP contribution in [-0.4, -0.2) is 11.9 Å². The third-order valence-electron chi connectivity index (χ3n) is 1.98. The second-order valence-electron chi connectivity index (χ2n) is 3.21. The van der Waals surface area contributed by atoms with E-state index in [0.29, 0.717) is 0 Å². The fraction of sp³-hybridized carbons (Fsp3) is 0.889. The van der Waals surface area contributed by atoms with Gasteiger partial charge in [-0.25, -0.2) is 0 Å². The molecule has 0 aliphatic carbocycles. The minimum absolute atomic E-state index is 0. The lowest BCUT2D eigenvalue weighted by molar-refractivity contribution is -0.119. The van der Waals surface area contributed by atoms with Crippen LogP contribution >= 0.6 is 12.4 Å². The molecule has 0 spiro atoms. The highest BCUT2D eigenvalue weighted by Gasteiger charge is 2.07. The maximum atomic E-state index is 10.5. The van der Waals surface area contributed by atoms with Gasteiger partial charge in [-0.15, -0.1) is 12.4 Å². The van der Waals surface area contributed by atoms with Crippen molar-refractivity contribution in [3.8, 4) is 0 Å². The first-order valence-electron chi connectivity index (χ1n) is 4.73. The molecule has 0 saturated heterocycles. The molecule has 0 bridgehead atoms. The maximum Gasteiger partial charge on any atom is 0.234 e. The van der Waals surface area contributed by atoms with E-state index in [0.717, 1.165) is 19.3 Å². The van der Waals surface area contributed by atoms with Crippen molar-refractivity contribution in [2.75, 3.05) is 0 Å². The molecule has 80 valence electrons. The van der Waals surface area contributed by atoms with Crippen LogP contribution in [0.1, 0.15) is 45.4 Å². The van der Waals surface area contributed by atoms with E-state index in [1.165, 1.54) is 19.3 Å². The normalized spacial score (nSPS) is 11.8.